The second kappa shape index (κ2) is 5.59. The van der Waals surface area contributed by atoms with Crippen LogP contribution in [0.1, 0.15) is 22.8 Å². The van der Waals surface area contributed by atoms with E-state index in [4.69, 9.17) is 5.26 Å². The van der Waals surface area contributed by atoms with Crippen LogP contribution in [-0.2, 0) is 6.42 Å². The van der Waals surface area contributed by atoms with E-state index in [-0.39, 0.29) is 12.0 Å². The molecule has 2 nitrogen and oxygen atoms in total. The summed E-state index contributed by atoms with van der Waals surface area (Å²) in [6.07, 6.45) is -1.03. The highest BCUT2D eigenvalue weighted by atomic mass is 19.1. The Morgan fingerprint density at radius 2 is 1.95 bits per heavy atom. The number of halogens is 2. The molecule has 0 aromatic heterocycles. The van der Waals surface area contributed by atoms with Crippen molar-refractivity contribution in [1.29, 1.82) is 5.26 Å². The summed E-state index contributed by atoms with van der Waals surface area (Å²) < 4.78 is 26.5. The van der Waals surface area contributed by atoms with E-state index >= 15 is 0 Å². The van der Waals surface area contributed by atoms with Crippen LogP contribution in [-0.4, -0.2) is 5.11 Å². The van der Waals surface area contributed by atoms with Gasteiger partial charge in [-0.3, -0.25) is 0 Å². The van der Waals surface area contributed by atoms with Gasteiger partial charge >= 0.3 is 0 Å². The molecule has 0 radical (unpaired) electrons. The van der Waals surface area contributed by atoms with Crippen molar-refractivity contribution in [1.82, 2.24) is 0 Å². The fourth-order valence-electron chi connectivity index (χ4n) is 1.84. The van der Waals surface area contributed by atoms with Crippen LogP contribution in [0.15, 0.2) is 42.5 Å². The highest BCUT2D eigenvalue weighted by molar-refractivity contribution is 5.34. The average molecular weight is 259 g/mol. The van der Waals surface area contributed by atoms with E-state index in [1.54, 1.807) is 18.2 Å². The maximum atomic E-state index is 13.5. The van der Waals surface area contributed by atoms with E-state index in [0.717, 1.165) is 18.2 Å². The third kappa shape index (κ3) is 3.15. The van der Waals surface area contributed by atoms with Crippen LogP contribution < -0.4 is 0 Å². The van der Waals surface area contributed by atoms with Crippen molar-refractivity contribution in [3.8, 4) is 6.07 Å². The van der Waals surface area contributed by atoms with Crippen LogP contribution >= 0.6 is 0 Å². The molecule has 0 bridgehead atoms. The molecule has 96 valence electrons. The SMILES string of the molecule is N#Cc1cccc(C(O)Cc2cc(F)ccc2F)c1. The van der Waals surface area contributed by atoms with Crippen molar-refractivity contribution in [2.75, 3.05) is 0 Å². The Morgan fingerprint density at radius 1 is 1.16 bits per heavy atom. The quantitative estimate of drug-likeness (QED) is 0.920. The van der Waals surface area contributed by atoms with Gasteiger partial charge in [-0.25, -0.2) is 8.78 Å². The summed E-state index contributed by atoms with van der Waals surface area (Å²) in [6, 6.07) is 11.5. The first-order chi connectivity index (χ1) is 9.10. The Kier molecular flexibility index (Phi) is 3.88. The summed E-state index contributed by atoms with van der Waals surface area (Å²) in [5, 5.41) is 18.8. The Balaban J connectivity index is 2.23. The van der Waals surface area contributed by atoms with Crippen LogP contribution in [0.2, 0.25) is 0 Å². The molecular weight excluding hydrogens is 248 g/mol. The Hall–Kier alpha value is -2.25. The van der Waals surface area contributed by atoms with Crippen LogP contribution in [0, 0.1) is 23.0 Å². The molecule has 0 fully saturated rings. The number of aliphatic hydroxyl groups is 1. The van der Waals surface area contributed by atoms with Gasteiger partial charge in [0.2, 0.25) is 0 Å². The van der Waals surface area contributed by atoms with Crippen molar-refractivity contribution in [2.45, 2.75) is 12.5 Å². The standard InChI is InChI=1S/C15H11F2NO/c16-13-4-5-14(17)12(7-13)8-15(19)11-3-1-2-10(6-11)9-18/h1-7,15,19H,8H2. The largest absolute Gasteiger partial charge is 0.388 e. The molecule has 0 saturated carbocycles. The van der Waals surface area contributed by atoms with E-state index in [0.29, 0.717) is 11.1 Å². The molecule has 1 N–H and O–H groups in total. The highest BCUT2D eigenvalue weighted by Gasteiger charge is 2.13. The van der Waals surface area contributed by atoms with Gasteiger partial charge in [0.15, 0.2) is 0 Å². The van der Waals surface area contributed by atoms with Crippen LogP contribution in [0.4, 0.5) is 8.78 Å². The number of nitrogens with zero attached hydrogens (tertiary/aromatic N) is 1. The smallest absolute Gasteiger partial charge is 0.126 e. The molecule has 0 heterocycles. The van der Waals surface area contributed by atoms with Crippen LogP contribution in [0.5, 0.6) is 0 Å². The van der Waals surface area contributed by atoms with Gasteiger partial charge in [0, 0.05) is 6.42 Å². The molecule has 0 spiro atoms. The molecule has 0 aliphatic heterocycles. The Morgan fingerprint density at radius 3 is 2.68 bits per heavy atom. The lowest BCUT2D eigenvalue weighted by Gasteiger charge is -2.12. The Bertz CT molecular complexity index is 634. The average Bonchev–Trinajstić information content (AvgIpc) is 2.43. The molecule has 1 atom stereocenters. The maximum absolute atomic E-state index is 13.5. The predicted octanol–water partition coefficient (Wildman–Crippen LogP) is 3.11. The van der Waals surface area contributed by atoms with E-state index in [1.807, 2.05) is 6.07 Å². The van der Waals surface area contributed by atoms with Gasteiger partial charge < -0.3 is 5.11 Å². The lowest BCUT2D eigenvalue weighted by molar-refractivity contribution is 0.177. The van der Waals surface area contributed by atoms with Gasteiger partial charge in [-0.1, -0.05) is 12.1 Å². The molecule has 19 heavy (non-hydrogen) atoms. The number of hydrogen-bond donors (Lipinski definition) is 1. The van der Waals surface area contributed by atoms with E-state index in [2.05, 4.69) is 0 Å². The van der Waals surface area contributed by atoms with Crippen molar-refractivity contribution >= 4 is 0 Å². The fourth-order valence-corrected chi connectivity index (χ4v) is 1.84. The second-order valence-corrected chi connectivity index (χ2v) is 4.19. The van der Waals surface area contributed by atoms with Gasteiger partial charge in [0.05, 0.1) is 17.7 Å². The van der Waals surface area contributed by atoms with Crippen LogP contribution in [0.3, 0.4) is 0 Å². The third-order valence-corrected chi connectivity index (χ3v) is 2.82. The number of aliphatic hydroxyl groups excluding tert-OH is 1. The minimum Gasteiger partial charge on any atom is -0.388 e. The number of benzene rings is 2. The van der Waals surface area contributed by atoms with Crippen molar-refractivity contribution in [3.63, 3.8) is 0 Å². The summed E-state index contributed by atoms with van der Waals surface area (Å²) in [7, 11) is 0. The molecule has 2 rings (SSSR count). The highest BCUT2D eigenvalue weighted by Crippen LogP contribution is 2.21. The van der Waals surface area contributed by atoms with Gasteiger partial charge in [0.25, 0.3) is 0 Å². The monoisotopic (exact) mass is 259 g/mol. The number of hydrogen-bond acceptors (Lipinski definition) is 2. The summed E-state index contributed by atoms with van der Waals surface area (Å²) >= 11 is 0. The van der Waals surface area contributed by atoms with Gasteiger partial charge in [-0.05, 0) is 41.5 Å². The lowest BCUT2D eigenvalue weighted by atomic mass is 9.99. The van der Waals surface area contributed by atoms with E-state index in [9.17, 15) is 13.9 Å². The molecule has 0 aliphatic rings. The zero-order chi connectivity index (χ0) is 13.8. The molecule has 0 saturated heterocycles. The fraction of sp³-hybridized carbons (Fsp3) is 0.133. The molecule has 1 unspecified atom stereocenters. The lowest BCUT2D eigenvalue weighted by Crippen LogP contribution is -2.04. The van der Waals surface area contributed by atoms with Gasteiger partial charge in [-0.2, -0.15) is 5.26 Å². The van der Waals surface area contributed by atoms with Gasteiger partial charge in [0.1, 0.15) is 11.6 Å². The van der Waals surface area contributed by atoms with Crippen molar-refractivity contribution in [3.05, 3.63) is 70.8 Å². The first-order valence-electron chi connectivity index (χ1n) is 5.72. The predicted molar refractivity (Wildman–Crippen MR) is 66.2 cm³/mol. The maximum Gasteiger partial charge on any atom is 0.126 e. The molecule has 2 aromatic rings. The number of rotatable bonds is 3. The topological polar surface area (TPSA) is 44.0 Å². The van der Waals surface area contributed by atoms with Crippen molar-refractivity contribution in [2.24, 2.45) is 0 Å². The third-order valence-electron chi connectivity index (χ3n) is 2.82. The van der Waals surface area contributed by atoms with Crippen LogP contribution in [0.25, 0.3) is 0 Å². The molecule has 0 amide bonds. The molecular formula is C15H11F2NO. The minimum absolute atomic E-state index is 0.0432. The summed E-state index contributed by atoms with van der Waals surface area (Å²) in [4.78, 5) is 0. The summed E-state index contributed by atoms with van der Waals surface area (Å²) in [5.41, 5.74) is 1.02. The first kappa shape index (κ1) is 13.2. The van der Waals surface area contributed by atoms with E-state index in [1.165, 1.54) is 6.07 Å². The molecule has 2 aromatic carbocycles. The zero-order valence-corrected chi connectivity index (χ0v) is 9.98. The second-order valence-electron chi connectivity index (χ2n) is 4.19. The molecule has 4 heteroatoms. The summed E-state index contributed by atoms with van der Waals surface area (Å²) in [5.74, 6) is -1.11. The van der Waals surface area contributed by atoms with E-state index < -0.39 is 17.7 Å². The Labute approximate surface area is 109 Å². The normalized spacial score (nSPS) is 11.9. The first-order valence-corrected chi connectivity index (χ1v) is 5.72. The summed E-state index contributed by atoms with van der Waals surface area (Å²) in [6.45, 7) is 0. The van der Waals surface area contributed by atoms with Gasteiger partial charge in [-0.15, -0.1) is 0 Å². The zero-order valence-electron chi connectivity index (χ0n) is 9.98. The minimum atomic E-state index is -0.982. The number of nitriles is 1. The molecule has 0 aliphatic carbocycles. The van der Waals surface area contributed by atoms with Crippen molar-refractivity contribution < 1.29 is 13.9 Å².